The van der Waals surface area contributed by atoms with Crippen molar-refractivity contribution < 1.29 is 18.7 Å². The molecule has 0 bridgehead atoms. The Morgan fingerprint density at radius 2 is 2.00 bits per heavy atom. The quantitative estimate of drug-likeness (QED) is 0.899. The molecular formula is C13H12FN3O3. The minimum absolute atomic E-state index is 0.0219. The monoisotopic (exact) mass is 277 g/mol. The minimum atomic E-state index is -0.520. The smallest absolute Gasteiger partial charge is 0.316 e. The Balaban J connectivity index is 1.87. The number of aromatic nitrogens is 2. The Bertz CT molecular complexity index is 590. The number of methoxy groups -OCH3 is 1. The van der Waals surface area contributed by atoms with Crippen molar-refractivity contribution in [2.45, 2.75) is 0 Å². The number of para-hydroxylation sites is 1. The van der Waals surface area contributed by atoms with Gasteiger partial charge in [0.05, 0.1) is 25.2 Å². The fourth-order valence-electron chi connectivity index (χ4n) is 1.39. The molecule has 0 saturated heterocycles. The third-order valence-electron chi connectivity index (χ3n) is 2.29. The average Bonchev–Trinajstić information content (AvgIpc) is 2.47. The van der Waals surface area contributed by atoms with Crippen molar-refractivity contribution in [3.63, 3.8) is 0 Å². The molecule has 0 aliphatic carbocycles. The van der Waals surface area contributed by atoms with Crippen molar-refractivity contribution >= 4 is 11.6 Å². The standard InChI is InChI=1S/C13H12FN3O3/c1-19-13-15-6-9(7-16-13)17-12(18)8-20-11-5-3-2-4-10(11)14/h2-7H,8H2,1H3,(H,17,18). The van der Waals surface area contributed by atoms with Gasteiger partial charge in [-0.2, -0.15) is 0 Å². The van der Waals surface area contributed by atoms with Crippen LogP contribution in [-0.4, -0.2) is 29.6 Å². The summed E-state index contributed by atoms with van der Waals surface area (Å²) in [6, 6.07) is 6.06. The van der Waals surface area contributed by atoms with Crippen molar-refractivity contribution in [3.05, 3.63) is 42.5 Å². The summed E-state index contributed by atoms with van der Waals surface area (Å²) in [5.74, 6) is -0.941. The molecule has 7 heteroatoms. The number of benzene rings is 1. The number of nitrogens with one attached hydrogen (secondary N) is 1. The normalized spacial score (nSPS) is 9.90. The molecule has 1 N–H and O–H groups in total. The second-order valence-electron chi connectivity index (χ2n) is 3.73. The molecule has 0 aliphatic heterocycles. The molecular weight excluding hydrogens is 265 g/mol. The molecule has 0 fully saturated rings. The van der Waals surface area contributed by atoms with Crippen LogP contribution in [0.4, 0.5) is 10.1 Å². The number of rotatable bonds is 5. The van der Waals surface area contributed by atoms with Crippen LogP contribution in [0.5, 0.6) is 11.8 Å². The highest BCUT2D eigenvalue weighted by Gasteiger charge is 2.07. The Hall–Kier alpha value is -2.70. The van der Waals surface area contributed by atoms with E-state index in [-0.39, 0.29) is 18.4 Å². The first kappa shape index (κ1) is 13.7. The van der Waals surface area contributed by atoms with Crippen molar-refractivity contribution in [2.75, 3.05) is 19.0 Å². The number of carbonyl (C=O) groups is 1. The molecule has 0 saturated carbocycles. The van der Waals surface area contributed by atoms with Crippen LogP contribution in [0.1, 0.15) is 0 Å². The van der Waals surface area contributed by atoms with Gasteiger partial charge < -0.3 is 14.8 Å². The van der Waals surface area contributed by atoms with E-state index in [0.29, 0.717) is 5.69 Å². The lowest BCUT2D eigenvalue weighted by molar-refractivity contribution is -0.118. The summed E-state index contributed by atoms with van der Waals surface area (Å²) in [6.07, 6.45) is 2.79. The van der Waals surface area contributed by atoms with Crippen LogP contribution >= 0.6 is 0 Å². The van der Waals surface area contributed by atoms with Crippen LogP contribution in [0.25, 0.3) is 0 Å². The molecule has 0 aliphatic rings. The van der Waals surface area contributed by atoms with Gasteiger partial charge in [-0.05, 0) is 12.1 Å². The van der Waals surface area contributed by atoms with E-state index < -0.39 is 11.7 Å². The van der Waals surface area contributed by atoms with Crippen LogP contribution in [0.15, 0.2) is 36.7 Å². The summed E-state index contributed by atoms with van der Waals surface area (Å²) in [5, 5.41) is 2.52. The second kappa shape index (κ2) is 6.46. The zero-order valence-electron chi connectivity index (χ0n) is 10.7. The number of ether oxygens (including phenoxy) is 2. The van der Waals surface area contributed by atoms with Gasteiger partial charge in [-0.25, -0.2) is 14.4 Å². The number of carbonyl (C=O) groups excluding carboxylic acids is 1. The van der Waals surface area contributed by atoms with Gasteiger partial charge in [-0.15, -0.1) is 0 Å². The van der Waals surface area contributed by atoms with Gasteiger partial charge >= 0.3 is 6.01 Å². The lowest BCUT2D eigenvalue weighted by atomic mass is 10.3. The highest BCUT2D eigenvalue weighted by molar-refractivity contribution is 5.91. The molecule has 104 valence electrons. The van der Waals surface area contributed by atoms with Crippen LogP contribution in [0, 0.1) is 5.82 Å². The number of hydrogen-bond acceptors (Lipinski definition) is 5. The summed E-state index contributed by atoms with van der Waals surface area (Å²) in [6.45, 7) is -0.313. The van der Waals surface area contributed by atoms with Gasteiger partial charge in [0.2, 0.25) is 0 Å². The molecule has 0 spiro atoms. The maximum atomic E-state index is 13.3. The minimum Gasteiger partial charge on any atom is -0.481 e. The van der Waals surface area contributed by atoms with E-state index in [1.807, 2.05) is 0 Å². The largest absolute Gasteiger partial charge is 0.481 e. The van der Waals surface area contributed by atoms with Crippen molar-refractivity contribution in [1.82, 2.24) is 9.97 Å². The van der Waals surface area contributed by atoms with E-state index in [0.717, 1.165) is 0 Å². The predicted molar refractivity (Wildman–Crippen MR) is 69.1 cm³/mol. The summed E-state index contributed by atoms with van der Waals surface area (Å²) >= 11 is 0. The Morgan fingerprint density at radius 1 is 1.30 bits per heavy atom. The Kier molecular flexibility index (Phi) is 4.43. The molecule has 2 rings (SSSR count). The molecule has 0 atom stereocenters. The van der Waals surface area contributed by atoms with Gasteiger partial charge in [0.25, 0.3) is 5.91 Å². The fraction of sp³-hybridized carbons (Fsp3) is 0.154. The summed E-state index contributed by atoms with van der Waals surface area (Å²) in [7, 11) is 1.44. The first-order valence-electron chi connectivity index (χ1n) is 5.72. The van der Waals surface area contributed by atoms with Crippen LogP contribution < -0.4 is 14.8 Å². The highest BCUT2D eigenvalue weighted by atomic mass is 19.1. The van der Waals surface area contributed by atoms with Gasteiger partial charge in [-0.1, -0.05) is 12.1 Å². The van der Waals surface area contributed by atoms with Gasteiger partial charge in [0, 0.05) is 0 Å². The molecule has 6 nitrogen and oxygen atoms in total. The van der Waals surface area contributed by atoms with Crippen LogP contribution in [0.3, 0.4) is 0 Å². The van der Waals surface area contributed by atoms with Crippen LogP contribution in [-0.2, 0) is 4.79 Å². The summed E-state index contributed by atoms with van der Waals surface area (Å²) < 4.78 is 23.1. The van der Waals surface area contributed by atoms with E-state index in [4.69, 9.17) is 9.47 Å². The number of hydrogen-bond donors (Lipinski definition) is 1. The van der Waals surface area contributed by atoms with Crippen molar-refractivity contribution in [2.24, 2.45) is 0 Å². The number of amides is 1. The Morgan fingerprint density at radius 3 is 2.65 bits per heavy atom. The van der Waals surface area contributed by atoms with E-state index >= 15 is 0 Å². The lowest BCUT2D eigenvalue weighted by Crippen LogP contribution is -2.20. The van der Waals surface area contributed by atoms with E-state index in [1.165, 1.54) is 37.7 Å². The molecule has 1 aromatic heterocycles. The first-order chi connectivity index (χ1) is 9.69. The van der Waals surface area contributed by atoms with Crippen LogP contribution in [0.2, 0.25) is 0 Å². The zero-order valence-corrected chi connectivity index (χ0v) is 10.7. The number of halogens is 1. The van der Waals surface area contributed by atoms with Gasteiger partial charge in [0.1, 0.15) is 0 Å². The first-order valence-corrected chi connectivity index (χ1v) is 5.72. The van der Waals surface area contributed by atoms with E-state index in [1.54, 1.807) is 6.07 Å². The van der Waals surface area contributed by atoms with Gasteiger partial charge in [-0.3, -0.25) is 4.79 Å². The molecule has 2 aromatic rings. The summed E-state index contributed by atoms with van der Waals surface area (Å²) in [4.78, 5) is 19.3. The summed E-state index contributed by atoms with van der Waals surface area (Å²) in [5.41, 5.74) is 0.396. The molecule has 1 heterocycles. The molecule has 0 radical (unpaired) electrons. The van der Waals surface area contributed by atoms with Crippen molar-refractivity contribution in [1.29, 1.82) is 0 Å². The molecule has 0 unspecified atom stereocenters. The third kappa shape index (κ3) is 3.64. The Labute approximate surface area is 114 Å². The van der Waals surface area contributed by atoms with E-state index in [9.17, 15) is 9.18 Å². The topological polar surface area (TPSA) is 73.3 Å². The van der Waals surface area contributed by atoms with E-state index in [2.05, 4.69) is 15.3 Å². The van der Waals surface area contributed by atoms with Crippen molar-refractivity contribution in [3.8, 4) is 11.8 Å². The zero-order chi connectivity index (χ0) is 14.4. The molecule has 1 amide bonds. The average molecular weight is 277 g/mol. The number of anilines is 1. The number of nitrogens with zero attached hydrogens (tertiary/aromatic N) is 2. The maximum Gasteiger partial charge on any atom is 0.316 e. The lowest BCUT2D eigenvalue weighted by Gasteiger charge is -2.07. The van der Waals surface area contributed by atoms with Gasteiger partial charge in [0.15, 0.2) is 18.2 Å². The highest BCUT2D eigenvalue weighted by Crippen LogP contribution is 2.15. The second-order valence-corrected chi connectivity index (χ2v) is 3.73. The predicted octanol–water partition coefficient (Wildman–Crippen LogP) is 1.64. The maximum absolute atomic E-state index is 13.3. The SMILES string of the molecule is COc1ncc(NC(=O)COc2ccccc2F)cn1. The molecule has 1 aromatic carbocycles. The fourth-order valence-corrected chi connectivity index (χ4v) is 1.39. The molecule has 20 heavy (non-hydrogen) atoms. The third-order valence-corrected chi connectivity index (χ3v) is 2.29.